The molecule has 1 aliphatic carbocycles. The van der Waals surface area contributed by atoms with E-state index in [9.17, 15) is 9.59 Å². The van der Waals surface area contributed by atoms with Gasteiger partial charge in [-0.05, 0) is 70.4 Å². The lowest BCUT2D eigenvalue weighted by Crippen LogP contribution is -2.52. The van der Waals surface area contributed by atoms with Crippen molar-refractivity contribution in [1.29, 1.82) is 0 Å². The molecule has 4 heterocycles. The quantitative estimate of drug-likeness (QED) is 0.810. The Bertz CT molecular complexity index is 724. The molecule has 2 amide bonds. The van der Waals surface area contributed by atoms with Crippen LogP contribution in [-0.4, -0.2) is 53.1 Å². The highest BCUT2D eigenvalue weighted by molar-refractivity contribution is 5.92. The Balaban J connectivity index is 1.16. The minimum absolute atomic E-state index is 0.119. The average Bonchev–Trinajstić information content (AvgIpc) is 3.35. The zero-order chi connectivity index (χ0) is 19.1. The van der Waals surface area contributed by atoms with Crippen LogP contribution in [0.1, 0.15) is 80.0 Å². The monoisotopic (exact) mass is 386 g/mol. The number of amides is 2. The Morgan fingerprint density at radius 2 is 1.82 bits per heavy atom. The number of nitrogens with one attached hydrogen (secondary N) is 2. The SMILES string of the molecule is O=C(N[C@@H]1C[C@H]2CC[C@@H](C1)N2C(=O)CC1CCNCC1)c1cc(C2CC2)on1. The van der Waals surface area contributed by atoms with Crippen LogP contribution in [0.15, 0.2) is 10.6 Å². The number of carbonyl (C=O) groups is 2. The molecule has 0 unspecified atom stereocenters. The molecule has 28 heavy (non-hydrogen) atoms. The van der Waals surface area contributed by atoms with Crippen molar-refractivity contribution in [3.8, 4) is 0 Å². The Morgan fingerprint density at radius 3 is 2.50 bits per heavy atom. The molecular formula is C21H30N4O3. The standard InChI is InChI=1S/C21H30N4O3/c26-20(9-13-5-7-22-8-6-13)25-16-3-4-17(25)11-15(10-16)23-21(27)18-12-19(28-24-18)14-1-2-14/h12-17,22H,1-11H2,(H,23,27)/t15-,16-,17+. The van der Waals surface area contributed by atoms with E-state index in [0.717, 1.165) is 70.2 Å². The zero-order valence-corrected chi connectivity index (χ0v) is 16.4. The molecule has 0 radical (unpaired) electrons. The lowest BCUT2D eigenvalue weighted by molar-refractivity contribution is -0.137. The maximum atomic E-state index is 12.9. The average molecular weight is 386 g/mol. The third-order valence-corrected chi connectivity index (χ3v) is 7.02. The summed E-state index contributed by atoms with van der Waals surface area (Å²) in [5, 5.41) is 10.5. The first-order chi connectivity index (χ1) is 13.7. The number of fused-ring (bicyclic) bond motifs is 2. The molecule has 1 aromatic rings. The summed E-state index contributed by atoms with van der Waals surface area (Å²) in [6.45, 7) is 2.06. The number of hydrogen-bond acceptors (Lipinski definition) is 5. The first-order valence-electron chi connectivity index (χ1n) is 11.0. The highest BCUT2D eigenvalue weighted by Crippen LogP contribution is 2.40. The number of piperidine rings is 2. The summed E-state index contributed by atoms with van der Waals surface area (Å²) in [5.41, 5.74) is 0.388. The molecule has 3 atom stereocenters. The fraction of sp³-hybridized carbons (Fsp3) is 0.762. The largest absolute Gasteiger partial charge is 0.360 e. The van der Waals surface area contributed by atoms with Crippen molar-refractivity contribution in [3.05, 3.63) is 17.5 Å². The van der Waals surface area contributed by atoms with Gasteiger partial charge in [0.2, 0.25) is 5.91 Å². The van der Waals surface area contributed by atoms with E-state index in [2.05, 4.69) is 20.7 Å². The predicted octanol–water partition coefficient (Wildman–Crippen LogP) is 2.19. The lowest BCUT2D eigenvalue weighted by Gasteiger charge is -2.40. The molecule has 5 rings (SSSR count). The van der Waals surface area contributed by atoms with E-state index >= 15 is 0 Å². The molecule has 1 saturated carbocycles. The van der Waals surface area contributed by atoms with Gasteiger partial charge in [-0.15, -0.1) is 0 Å². The molecule has 4 aliphatic rings. The van der Waals surface area contributed by atoms with Gasteiger partial charge in [-0.1, -0.05) is 5.16 Å². The summed E-state index contributed by atoms with van der Waals surface area (Å²) in [6, 6.07) is 2.46. The Labute approximate surface area is 165 Å². The number of nitrogens with zero attached hydrogens (tertiary/aromatic N) is 2. The van der Waals surface area contributed by atoms with Crippen molar-refractivity contribution >= 4 is 11.8 Å². The first-order valence-corrected chi connectivity index (χ1v) is 11.0. The molecule has 0 aromatic carbocycles. The van der Waals surface area contributed by atoms with Crippen LogP contribution in [0.5, 0.6) is 0 Å². The van der Waals surface area contributed by atoms with E-state index in [-0.39, 0.29) is 24.0 Å². The topological polar surface area (TPSA) is 87.5 Å². The van der Waals surface area contributed by atoms with Crippen molar-refractivity contribution < 1.29 is 14.1 Å². The van der Waals surface area contributed by atoms with Crippen LogP contribution in [-0.2, 0) is 4.79 Å². The van der Waals surface area contributed by atoms with E-state index in [1.807, 2.05) is 0 Å². The van der Waals surface area contributed by atoms with E-state index in [4.69, 9.17) is 4.52 Å². The van der Waals surface area contributed by atoms with Gasteiger partial charge in [0, 0.05) is 36.5 Å². The number of hydrogen-bond donors (Lipinski definition) is 2. The number of rotatable bonds is 5. The summed E-state index contributed by atoms with van der Waals surface area (Å²) >= 11 is 0. The minimum atomic E-state index is -0.144. The first kappa shape index (κ1) is 18.2. The fourth-order valence-corrected chi connectivity index (χ4v) is 5.36. The Morgan fingerprint density at radius 1 is 1.11 bits per heavy atom. The predicted molar refractivity (Wildman–Crippen MR) is 103 cm³/mol. The Kier molecular flexibility index (Phi) is 4.87. The second-order valence-electron chi connectivity index (χ2n) is 9.11. The van der Waals surface area contributed by atoms with Gasteiger partial charge in [-0.2, -0.15) is 0 Å². The number of carbonyl (C=O) groups excluding carboxylic acids is 2. The fourth-order valence-electron chi connectivity index (χ4n) is 5.36. The third-order valence-electron chi connectivity index (χ3n) is 7.02. The summed E-state index contributed by atoms with van der Waals surface area (Å²) in [4.78, 5) is 27.7. The van der Waals surface area contributed by atoms with Gasteiger partial charge < -0.3 is 20.1 Å². The smallest absolute Gasteiger partial charge is 0.273 e. The molecular weight excluding hydrogens is 356 g/mol. The molecule has 7 nitrogen and oxygen atoms in total. The van der Waals surface area contributed by atoms with Crippen LogP contribution in [0.4, 0.5) is 0 Å². The summed E-state index contributed by atoms with van der Waals surface area (Å²) in [5.74, 6) is 2.00. The molecule has 2 bridgehead atoms. The summed E-state index contributed by atoms with van der Waals surface area (Å²) < 4.78 is 5.31. The van der Waals surface area contributed by atoms with E-state index in [0.29, 0.717) is 29.9 Å². The second kappa shape index (κ2) is 7.50. The van der Waals surface area contributed by atoms with Gasteiger partial charge in [-0.3, -0.25) is 9.59 Å². The van der Waals surface area contributed by atoms with Crippen LogP contribution in [0.2, 0.25) is 0 Å². The molecule has 4 fully saturated rings. The summed E-state index contributed by atoms with van der Waals surface area (Å²) in [7, 11) is 0. The van der Waals surface area contributed by atoms with E-state index in [1.54, 1.807) is 6.07 Å². The van der Waals surface area contributed by atoms with E-state index in [1.165, 1.54) is 0 Å². The second-order valence-corrected chi connectivity index (χ2v) is 9.11. The minimum Gasteiger partial charge on any atom is -0.360 e. The lowest BCUT2D eigenvalue weighted by atomic mass is 9.91. The highest BCUT2D eigenvalue weighted by Gasteiger charge is 2.44. The molecule has 152 valence electrons. The van der Waals surface area contributed by atoms with Gasteiger partial charge in [0.05, 0.1) is 0 Å². The van der Waals surface area contributed by atoms with Crippen molar-refractivity contribution in [2.75, 3.05) is 13.1 Å². The molecule has 0 spiro atoms. The molecule has 7 heteroatoms. The van der Waals surface area contributed by atoms with Gasteiger partial charge in [0.25, 0.3) is 5.91 Å². The van der Waals surface area contributed by atoms with Gasteiger partial charge in [0.1, 0.15) is 5.76 Å². The normalized spacial score (nSPS) is 30.4. The van der Waals surface area contributed by atoms with Crippen LogP contribution < -0.4 is 10.6 Å². The van der Waals surface area contributed by atoms with E-state index < -0.39 is 0 Å². The van der Waals surface area contributed by atoms with Crippen LogP contribution >= 0.6 is 0 Å². The Hall–Kier alpha value is -1.89. The zero-order valence-electron chi connectivity index (χ0n) is 16.4. The highest BCUT2D eigenvalue weighted by atomic mass is 16.5. The maximum Gasteiger partial charge on any atom is 0.273 e. The third kappa shape index (κ3) is 3.69. The van der Waals surface area contributed by atoms with Gasteiger partial charge in [0.15, 0.2) is 5.69 Å². The van der Waals surface area contributed by atoms with Crippen LogP contribution in [0.25, 0.3) is 0 Å². The van der Waals surface area contributed by atoms with Gasteiger partial charge in [-0.25, -0.2) is 0 Å². The van der Waals surface area contributed by atoms with Crippen molar-refractivity contribution in [2.24, 2.45) is 5.92 Å². The summed E-state index contributed by atoms with van der Waals surface area (Å²) in [6.07, 6.45) is 8.99. The molecule has 3 aliphatic heterocycles. The van der Waals surface area contributed by atoms with Crippen molar-refractivity contribution in [2.45, 2.75) is 81.8 Å². The maximum absolute atomic E-state index is 12.9. The molecule has 2 N–H and O–H groups in total. The van der Waals surface area contributed by atoms with Crippen molar-refractivity contribution in [3.63, 3.8) is 0 Å². The van der Waals surface area contributed by atoms with Crippen LogP contribution in [0, 0.1) is 5.92 Å². The van der Waals surface area contributed by atoms with Gasteiger partial charge >= 0.3 is 0 Å². The van der Waals surface area contributed by atoms with Crippen molar-refractivity contribution in [1.82, 2.24) is 20.7 Å². The molecule has 3 saturated heterocycles. The molecule has 1 aromatic heterocycles. The number of aromatic nitrogens is 1. The van der Waals surface area contributed by atoms with Crippen LogP contribution in [0.3, 0.4) is 0 Å².